The zero-order chi connectivity index (χ0) is 8.97. The minimum absolute atomic E-state index is 0.0862. The predicted octanol–water partition coefficient (Wildman–Crippen LogP) is 0.812. The van der Waals surface area contributed by atoms with Crippen LogP contribution in [0.1, 0.15) is 21.6 Å². The molecule has 0 saturated carbocycles. The van der Waals surface area contributed by atoms with E-state index >= 15 is 0 Å². The molecule has 0 aliphatic rings. The lowest BCUT2D eigenvalue weighted by molar-refractivity contribution is 0.0526. The highest BCUT2D eigenvalue weighted by atomic mass is 32.1. The van der Waals surface area contributed by atoms with Gasteiger partial charge in [0, 0.05) is 6.20 Å². The van der Waals surface area contributed by atoms with Crippen LogP contribution in [0.25, 0.3) is 0 Å². The van der Waals surface area contributed by atoms with Crippen LogP contribution >= 0.6 is 11.3 Å². The number of carbonyl (C=O) groups is 1. The molecule has 4 nitrogen and oxygen atoms in total. The van der Waals surface area contributed by atoms with Crippen molar-refractivity contribution in [3.05, 3.63) is 16.1 Å². The van der Waals surface area contributed by atoms with Crippen molar-refractivity contribution in [1.82, 2.24) is 4.98 Å². The molecule has 0 spiro atoms. The van der Waals surface area contributed by atoms with Crippen molar-refractivity contribution in [1.29, 1.82) is 0 Å². The van der Waals surface area contributed by atoms with Gasteiger partial charge in [0.05, 0.1) is 18.1 Å². The molecule has 66 valence electrons. The average Bonchev–Trinajstić information content (AvgIpc) is 2.52. The van der Waals surface area contributed by atoms with E-state index in [4.69, 9.17) is 9.84 Å². The number of carbonyl (C=O) groups excluding carboxylic acids is 1. The molecule has 0 aliphatic heterocycles. The van der Waals surface area contributed by atoms with Crippen molar-refractivity contribution in [2.24, 2.45) is 0 Å². The Balaban J connectivity index is 2.68. The summed E-state index contributed by atoms with van der Waals surface area (Å²) in [6.45, 7) is 1.99. The van der Waals surface area contributed by atoms with Crippen LogP contribution < -0.4 is 0 Å². The quantitative estimate of drug-likeness (QED) is 0.711. The Hall–Kier alpha value is -0.940. The van der Waals surface area contributed by atoms with Gasteiger partial charge in [0.15, 0.2) is 0 Å². The monoisotopic (exact) mass is 187 g/mol. The van der Waals surface area contributed by atoms with Gasteiger partial charge < -0.3 is 9.84 Å². The molecule has 1 aromatic heterocycles. The van der Waals surface area contributed by atoms with E-state index in [1.54, 1.807) is 6.92 Å². The van der Waals surface area contributed by atoms with Gasteiger partial charge in [0.1, 0.15) is 0 Å². The van der Waals surface area contributed by atoms with E-state index in [1.807, 2.05) is 0 Å². The molecule has 0 aromatic carbocycles. The highest BCUT2D eigenvalue weighted by molar-refractivity contribution is 7.13. The fraction of sp³-hybridized carbons (Fsp3) is 0.429. The molecule has 0 aliphatic carbocycles. The van der Waals surface area contributed by atoms with Crippen molar-refractivity contribution in [2.75, 3.05) is 6.61 Å². The molecule has 5 heteroatoms. The summed E-state index contributed by atoms with van der Waals surface area (Å²) < 4.78 is 4.71. The second-order valence-electron chi connectivity index (χ2n) is 2.01. The Morgan fingerprint density at radius 2 is 2.58 bits per heavy atom. The molecule has 0 unspecified atom stereocenters. The topological polar surface area (TPSA) is 59.4 Å². The lowest BCUT2D eigenvalue weighted by atomic mass is 10.6. The van der Waals surface area contributed by atoms with Crippen molar-refractivity contribution >= 4 is 17.3 Å². The Kier molecular flexibility index (Phi) is 3.19. The van der Waals surface area contributed by atoms with Gasteiger partial charge in [-0.05, 0) is 6.92 Å². The number of aliphatic hydroxyl groups excluding tert-OH is 1. The zero-order valence-corrected chi connectivity index (χ0v) is 7.43. The van der Waals surface area contributed by atoms with Crippen LogP contribution in [0.4, 0.5) is 0 Å². The Morgan fingerprint density at radius 3 is 3.08 bits per heavy atom. The fourth-order valence-corrected chi connectivity index (χ4v) is 1.33. The van der Waals surface area contributed by atoms with Crippen LogP contribution in [0.3, 0.4) is 0 Å². The zero-order valence-electron chi connectivity index (χ0n) is 6.61. The maximum absolute atomic E-state index is 11.0. The van der Waals surface area contributed by atoms with Gasteiger partial charge in [-0.3, -0.25) is 0 Å². The number of ether oxygens (including phenoxy) is 1. The van der Waals surface area contributed by atoms with Crippen molar-refractivity contribution in [3.63, 3.8) is 0 Å². The summed E-state index contributed by atoms with van der Waals surface area (Å²) in [6.07, 6.45) is 1.47. The highest BCUT2D eigenvalue weighted by Crippen LogP contribution is 2.13. The van der Waals surface area contributed by atoms with Crippen molar-refractivity contribution < 1.29 is 14.6 Å². The lowest BCUT2D eigenvalue weighted by Gasteiger charge is -1.94. The summed E-state index contributed by atoms with van der Waals surface area (Å²) in [4.78, 5) is 15.5. The molecule has 1 aromatic rings. The third-order valence-corrected chi connectivity index (χ3v) is 2.12. The molecular weight excluding hydrogens is 178 g/mol. The van der Waals surface area contributed by atoms with Crippen LogP contribution in [0, 0.1) is 0 Å². The number of thiazole rings is 1. The van der Waals surface area contributed by atoms with Gasteiger partial charge in [0.2, 0.25) is 5.01 Å². The Bertz CT molecular complexity index is 271. The fourth-order valence-electron chi connectivity index (χ4n) is 0.668. The molecular formula is C7H9NO3S. The van der Waals surface area contributed by atoms with Gasteiger partial charge in [0.25, 0.3) is 0 Å². The van der Waals surface area contributed by atoms with E-state index in [9.17, 15) is 4.79 Å². The first-order valence-electron chi connectivity index (χ1n) is 3.50. The number of rotatable bonds is 3. The van der Waals surface area contributed by atoms with Gasteiger partial charge in [-0.1, -0.05) is 0 Å². The average molecular weight is 187 g/mol. The van der Waals surface area contributed by atoms with Crippen molar-refractivity contribution in [3.8, 4) is 0 Å². The molecule has 0 atom stereocenters. The molecule has 0 bridgehead atoms. The number of aromatic nitrogens is 1. The first-order chi connectivity index (χ1) is 5.77. The number of esters is 1. The van der Waals surface area contributed by atoms with E-state index < -0.39 is 5.97 Å². The maximum Gasteiger partial charge on any atom is 0.367 e. The van der Waals surface area contributed by atoms with Gasteiger partial charge >= 0.3 is 5.97 Å². The Morgan fingerprint density at radius 1 is 1.83 bits per heavy atom. The summed E-state index contributed by atoms with van der Waals surface area (Å²) in [5.74, 6) is -0.429. The first kappa shape index (κ1) is 9.15. The molecule has 1 N–H and O–H groups in total. The summed E-state index contributed by atoms with van der Waals surface area (Å²) in [5, 5.41) is 8.97. The number of aliphatic hydroxyl groups is 1. The normalized spacial score (nSPS) is 9.83. The molecule has 0 fully saturated rings. The van der Waals surface area contributed by atoms with E-state index in [0.717, 1.165) is 11.3 Å². The minimum Gasteiger partial charge on any atom is -0.461 e. The first-order valence-corrected chi connectivity index (χ1v) is 4.32. The standard InChI is InChI=1S/C7H9NO3S/c1-2-11-7(10)6-8-3-5(4-9)12-6/h3,9H,2,4H2,1H3. The molecule has 0 amide bonds. The van der Waals surface area contributed by atoms with E-state index in [0.29, 0.717) is 16.5 Å². The minimum atomic E-state index is -0.429. The summed E-state index contributed by atoms with van der Waals surface area (Å²) in [6, 6.07) is 0. The molecule has 1 rings (SSSR count). The van der Waals surface area contributed by atoms with Gasteiger partial charge in [-0.2, -0.15) is 0 Å². The summed E-state index contributed by atoms with van der Waals surface area (Å²) in [5.41, 5.74) is 0. The number of hydrogen-bond donors (Lipinski definition) is 1. The SMILES string of the molecule is CCOC(=O)c1ncc(CO)s1. The number of hydrogen-bond acceptors (Lipinski definition) is 5. The van der Waals surface area contributed by atoms with Crippen molar-refractivity contribution in [2.45, 2.75) is 13.5 Å². The molecule has 1 heterocycles. The Labute approximate surface area is 73.8 Å². The molecule has 0 radical (unpaired) electrons. The maximum atomic E-state index is 11.0. The highest BCUT2D eigenvalue weighted by Gasteiger charge is 2.10. The van der Waals surface area contributed by atoms with Crippen LogP contribution in [0.5, 0.6) is 0 Å². The third kappa shape index (κ3) is 2.02. The van der Waals surface area contributed by atoms with Crippen LogP contribution in [0.15, 0.2) is 6.20 Å². The second kappa shape index (κ2) is 4.18. The molecule has 12 heavy (non-hydrogen) atoms. The smallest absolute Gasteiger partial charge is 0.367 e. The van der Waals surface area contributed by atoms with Crippen LogP contribution in [0.2, 0.25) is 0 Å². The third-order valence-electron chi connectivity index (χ3n) is 1.16. The predicted molar refractivity (Wildman–Crippen MR) is 44.0 cm³/mol. The van der Waals surface area contributed by atoms with E-state index in [1.165, 1.54) is 6.20 Å². The molecule has 0 saturated heterocycles. The summed E-state index contributed by atoms with van der Waals surface area (Å²) >= 11 is 1.15. The van der Waals surface area contributed by atoms with Gasteiger partial charge in [-0.25, -0.2) is 9.78 Å². The largest absolute Gasteiger partial charge is 0.461 e. The van der Waals surface area contributed by atoms with Crippen LogP contribution in [-0.4, -0.2) is 22.7 Å². The van der Waals surface area contributed by atoms with E-state index in [2.05, 4.69) is 4.98 Å². The van der Waals surface area contributed by atoms with Gasteiger partial charge in [-0.15, -0.1) is 11.3 Å². The summed E-state index contributed by atoms with van der Waals surface area (Å²) in [7, 11) is 0. The van der Waals surface area contributed by atoms with E-state index in [-0.39, 0.29) is 6.61 Å². The lowest BCUT2D eigenvalue weighted by Crippen LogP contribution is -2.03. The second-order valence-corrected chi connectivity index (χ2v) is 3.13. The number of nitrogens with zero attached hydrogens (tertiary/aromatic N) is 1. The van der Waals surface area contributed by atoms with Crippen LogP contribution in [-0.2, 0) is 11.3 Å².